The second-order valence-electron chi connectivity index (χ2n) is 6.53. The Morgan fingerprint density at radius 3 is 2.84 bits per heavy atom. The third-order valence-electron chi connectivity index (χ3n) is 4.44. The third-order valence-corrected chi connectivity index (χ3v) is 4.44. The molecule has 1 aliphatic rings. The summed E-state index contributed by atoms with van der Waals surface area (Å²) in [5.74, 6) is 0.526. The predicted octanol–water partition coefficient (Wildman–Crippen LogP) is 1.90. The van der Waals surface area contributed by atoms with E-state index in [9.17, 15) is 18.0 Å². The second-order valence-corrected chi connectivity index (χ2v) is 6.53. The van der Waals surface area contributed by atoms with Gasteiger partial charge in [-0.05, 0) is 18.4 Å². The number of carbonyl (C=O) groups excluding carboxylic acids is 1. The molecule has 3 rings (SSSR count). The van der Waals surface area contributed by atoms with Crippen molar-refractivity contribution in [1.82, 2.24) is 24.2 Å². The number of aromatic nitrogens is 4. The summed E-state index contributed by atoms with van der Waals surface area (Å²) < 4.78 is 41.5. The second kappa shape index (κ2) is 6.53. The van der Waals surface area contributed by atoms with Gasteiger partial charge >= 0.3 is 6.18 Å². The number of aryl methyl sites for hydroxylation is 2. The molecule has 3 heterocycles. The molecule has 2 aromatic rings. The standard InChI is InChI=1S/C16H20F3N5O/c1-22(15(25)7-12-5-6-23(2)21-12)8-11-3-4-14-20-13(16(17,18)19)10-24(14)9-11/h5-6,10-11H,3-4,7-9H2,1-2H3/t11-/m1/s1. The van der Waals surface area contributed by atoms with E-state index < -0.39 is 11.9 Å². The number of rotatable bonds is 4. The van der Waals surface area contributed by atoms with Crippen molar-refractivity contribution in [3.63, 3.8) is 0 Å². The van der Waals surface area contributed by atoms with Gasteiger partial charge in [-0.1, -0.05) is 0 Å². The lowest BCUT2D eigenvalue weighted by Gasteiger charge is -2.28. The van der Waals surface area contributed by atoms with Crippen LogP contribution in [0.1, 0.15) is 23.6 Å². The number of hydrogen-bond donors (Lipinski definition) is 0. The molecular formula is C16H20F3N5O. The topological polar surface area (TPSA) is 56.0 Å². The molecule has 0 aromatic carbocycles. The summed E-state index contributed by atoms with van der Waals surface area (Å²) in [4.78, 5) is 17.6. The summed E-state index contributed by atoms with van der Waals surface area (Å²) in [6.45, 7) is 0.949. The maximum Gasteiger partial charge on any atom is 0.434 e. The fourth-order valence-corrected chi connectivity index (χ4v) is 3.14. The van der Waals surface area contributed by atoms with Gasteiger partial charge in [0.1, 0.15) is 5.82 Å². The fourth-order valence-electron chi connectivity index (χ4n) is 3.14. The first-order valence-corrected chi connectivity index (χ1v) is 8.08. The zero-order valence-electron chi connectivity index (χ0n) is 14.1. The Balaban J connectivity index is 1.58. The van der Waals surface area contributed by atoms with Crippen LogP contribution in [0, 0.1) is 5.92 Å². The number of halogens is 3. The van der Waals surface area contributed by atoms with Crippen LogP contribution in [0.2, 0.25) is 0 Å². The van der Waals surface area contributed by atoms with Crippen molar-refractivity contribution >= 4 is 5.91 Å². The Hall–Kier alpha value is -2.32. The molecule has 0 bridgehead atoms. The van der Waals surface area contributed by atoms with Crippen molar-refractivity contribution in [2.75, 3.05) is 13.6 Å². The smallest absolute Gasteiger partial charge is 0.345 e. The van der Waals surface area contributed by atoms with Crippen LogP contribution in [-0.2, 0) is 37.4 Å². The van der Waals surface area contributed by atoms with E-state index in [1.807, 2.05) is 0 Å². The van der Waals surface area contributed by atoms with Gasteiger partial charge in [-0.25, -0.2) is 4.98 Å². The average Bonchev–Trinajstić information content (AvgIpc) is 3.12. The molecular weight excluding hydrogens is 335 g/mol. The first-order valence-electron chi connectivity index (χ1n) is 8.08. The Morgan fingerprint density at radius 2 is 2.20 bits per heavy atom. The number of likely N-dealkylation sites (N-methyl/N-ethyl adjacent to an activating group) is 1. The summed E-state index contributed by atoms with van der Waals surface area (Å²) in [6, 6.07) is 1.79. The SMILES string of the molecule is CN(C[C@H]1CCc2nc(C(F)(F)F)cn2C1)C(=O)Cc1ccn(C)n1. The highest BCUT2D eigenvalue weighted by Gasteiger charge is 2.36. The van der Waals surface area contributed by atoms with E-state index in [-0.39, 0.29) is 18.2 Å². The maximum atomic E-state index is 12.8. The first-order chi connectivity index (χ1) is 11.7. The monoisotopic (exact) mass is 355 g/mol. The molecule has 0 spiro atoms. The molecule has 0 saturated heterocycles. The van der Waals surface area contributed by atoms with Gasteiger partial charge in [-0.15, -0.1) is 0 Å². The molecule has 0 radical (unpaired) electrons. The van der Waals surface area contributed by atoms with Gasteiger partial charge in [0.2, 0.25) is 5.91 Å². The summed E-state index contributed by atoms with van der Waals surface area (Å²) in [6.07, 6.45) is -0.147. The Labute approximate surface area is 143 Å². The average molecular weight is 355 g/mol. The van der Waals surface area contributed by atoms with Gasteiger partial charge < -0.3 is 9.47 Å². The van der Waals surface area contributed by atoms with E-state index in [1.54, 1.807) is 40.5 Å². The van der Waals surface area contributed by atoms with E-state index >= 15 is 0 Å². The molecule has 25 heavy (non-hydrogen) atoms. The highest BCUT2D eigenvalue weighted by atomic mass is 19.4. The molecule has 0 unspecified atom stereocenters. The Kier molecular flexibility index (Phi) is 4.57. The maximum absolute atomic E-state index is 12.8. The zero-order valence-corrected chi connectivity index (χ0v) is 14.1. The summed E-state index contributed by atoms with van der Waals surface area (Å²) >= 11 is 0. The molecule has 9 heteroatoms. The molecule has 1 aliphatic heterocycles. The van der Waals surface area contributed by atoms with Crippen LogP contribution in [0.15, 0.2) is 18.5 Å². The van der Waals surface area contributed by atoms with Crippen LogP contribution in [0.3, 0.4) is 0 Å². The van der Waals surface area contributed by atoms with Crippen molar-refractivity contribution in [3.05, 3.63) is 35.7 Å². The fraction of sp³-hybridized carbons (Fsp3) is 0.562. The predicted molar refractivity (Wildman–Crippen MR) is 83.6 cm³/mol. The Morgan fingerprint density at radius 1 is 1.44 bits per heavy atom. The van der Waals surface area contributed by atoms with E-state index in [0.717, 1.165) is 12.6 Å². The third kappa shape index (κ3) is 4.02. The van der Waals surface area contributed by atoms with E-state index in [4.69, 9.17) is 0 Å². The van der Waals surface area contributed by atoms with Crippen LogP contribution < -0.4 is 0 Å². The molecule has 0 N–H and O–H groups in total. The van der Waals surface area contributed by atoms with Gasteiger partial charge in [-0.2, -0.15) is 18.3 Å². The van der Waals surface area contributed by atoms with E-state index in [2.05, 4.69) is 10.1 Å². The minimum absolute atomic E-state index is 0.0499. The minimum atomic E-state index is -4.42. The van der Waals surface area contributed by atoms with Gasteiger partial charge in [0.15, 0.2) is 5.69 Å². The normalized spacial score (nSPS) is 17.4. The van der Waals surface area contributed by atoms with Gasteiger partial charge in [0.25, 0.3) is 0 Å². The van der Waals surface area contributed by atoms with Crippen LogP contribution in [-0.4, -0.2) is 43.7 Å². The highest BCUT2D eigenvalue weighted by molar-refractivity contribution is 5.78. The summed E-state index contributed by atoms with van der Waals surface area (Å²) in [5.41, 5.74) is -0.141. The molecule has 0 fully saturated rings. The number of amides is 1. The van der Waals surface area contributed by atoms with Crippen molar-refractivity contribution in [2.45, 2.75) is 32.0 Å². The lowest BCUT2D eigenvalue weighted by atomic mass is 9.99. The van der Waals surface area contributed by atoms with Gasteiger partial charge in [0, 0.05) is 46.0 Å². The van der Waals surface area contributed by atoms with Crippen LogP contribution >= 0.6 is 0 Å². The zero-order chi connectivity index (χ0) is 18.2. The van der Waals surface area contributed by atoms with Crippen molar-refractivity contribution in [3.8, 4) is 0 Å². The molecule has 136 valence electrons. The number of nitrogens with zero attached hydrogens (tertiary/aromatic N) is 5. The number of imidazole rings is 1. The lowest BCUT2D eigenvalue weighted by molar-refractivity contribution is -0.141. The van der Waals surface area contributed by atoms with Crippen molar-refractivity contribution < 1.29 is 18.0 Å². The van der Waals surface area contributed by atoms with Gasteiger partial charge in [0.05, 0.1) is 12.1 Å². The minimum Gasteiger partial charge on any atom is -0.345 e. The summed E-state index contributed by atoms with van der Waals surface area (Å²) in [7, 11) is 3.51. The quantitative estimate of drug-likeness (QED) is 0.842. The van der Waals surface area contributed by atoms with Crippen molar-refractivity contribution in [1.29, 1.82) is 0 Å². The molecule has 0 aliphatic carbocycles. The number of alkyl halides is 3. The molecule has 1 atom stereocenters. The highest BCUT2D eigenvalue weighted by Crippen LogP contribution is 2.30. The molecule has 1 amide bonds. The van der Waals surface area contributed by atoms with E-state index in [0.29, 0.717) is 31.0 Å². The number of fused-ring (bicyclic) bond motifs is 1. The molecule has 6 nitrogen and oxygen atoms in total. The van der Waals surface area contributed by atoms with Crippen molar-refractivity contribution in [2.24, 2.45) is 13.0 Å². The first kappa shape index (κ1) is 17.5. The summed E-state index contributed by atoms with van der Waals surface area (Å²) in [5, 5.41) is 4.19. The molecule has 2 aromatic heterocycles. The lowest BCUT2D eigenvalue weighted by Crippen LogP contribution is -2.36. The largest absolute Gasteiger partial charge is 0.434 e. The van der Waals surface area contributed by atoms with Crippen LogP contribution in [0.25, 0.3) is 0 Å². The van der Waals surface area contributed by atoms with E-state index in [1.165, 1.54) is 0 Å². The number of hydrogen-bond acceptors (Lipinski definition) is 3. The number of carbonyl (C=O) groups is 1. The van der Waals surface area contributed by atoms with Crippen LogP contribution in [0.4, 0.5) is 13.2 Å². The Bertz CT molecular complexity index is 764. The van der Waals surface area contributed by atoms with Crippen LogP contribution in [0.5, 0.6) is 0 Å². The molecule has 0 saturated carbocycles. The van der Waals surface area contributed by atoms with Gasteiger partial charge in [-0.3, -0.25) is 9.48 Å².